The van der Waals surface area contributed by atoms with Crippen molar-refractivity contribution in [1.82, 2.24) is 0 Å². The molecule has 1 N–H and O–H groups in total. The second kappa shape index (κ2) is 4.99. The van der Waals surface area contributed by atoms with E-state index in [1.165, 1.54) is 44.5 Å². The Labute approximate surface area is 160 Å². The van der Waals surface area contributed by atoms with Crippen LogP contribution in [-0.4, -0.2) is 11.7 Å². The molecule has 3 aromatic rings. The minimum atomic E-state index is -0.409. The van der Waals surface area contributed by atoms with Gasteiger partial charge in [-0.3, -0.25) is 0 Å². The van der Waals surface area contributed by atoms with E-state index in [1.54, 1.807) is 0 Å². The molecule has 3 aromatic carbocycles. The number of hydrogen-bond acceptors (Lipinski definition) is 1. The maximum absolute atomic E-state index is 10.9. The molecule has 0 unspecified atom stereocenters. The first kappa shape index (κ1) is 15.4. The predicted octanol–water partition coefficient (Wildman–Crippen LogP) is 4.69. The molecule has 0 atom stereocenters. The zero-order valence-electron chi connectivity index (χ0n) is 15.5. The Hall–Kier alpha value is -2.64. The molecule has 0 saturated heterocycles. The van der Waals surface area contributed by atoms with Crippen molar-refractivity contribution < 1.29 is 5.11 Å². The third kappa shape index (κ3) is 1.61. The van der Waals surface area contributed by atoms with Crippen LogP contribution in [-0.2, 0) is 23.7 Å². The van der Waals surface area contributed by atoms with Crippen LogP contribution < -0.4 is 0 Å². The number of aliphatic hydroxyl groups is 1. The number of fused-ring (bicyclic) bond motifs is 1. The highest BCUT2D eigenvalue weighted by Gasteiger charge is 2.57. The second-order valence-corrected chi connectivity index (χ2v) is 8.36. The lowest BCUT2D eigenvalue weighted by molar-refractivity contribution is 0.224. The third-order valence-corrected chi connectivity index (χ3v) is 7.42. The molecule has 1 heteroatoms. The molecular formula is C26H22O. The van der Waals surface area contributed by atoms with Gasteiger partial charge < -0.3 is 5.11 Å². The molecule has 0 saturated carbocycles. The van der Waals surface area contributed by atoms with Crippen molar-refractivity contribution in [3.63, 3.8) is 0 Å². The highest BCUT2D eigenvalue weighted by atomic mass is 16.3. The summed E-state index contributed by atoms with van der Waals surface area (Å²) in [5.41, 5.74) is 10.6. The molecule has 7 rings (SSSR count). The fraction of sp³-hybridized carbons (Fsp3) is 0.231. The van der Waals surface area contributed by atoms with Crippen LogP contribution in [0.4, 0.5) is 0 Å². The van der Waals surface area contributed by atoms with Crippen molar-refractivity contribution in [3.8, 4) is 0 Å². The standard InChI is InChI=1S/C26H22O/c1-25-19-10-4-6-12-21(19)26(16-27,22-13-7-5-11-20(22)25)24-15-18-9-3-2-8-17(18)14-23(24)25/h2-13,27H,14-16H2,1H3. The number of hydrogen-bond donors (Lipinski definition) is 1. The average Bonchev–Trinajstić information content (AvgIpc) is 2.74. The molecule has 132 valence electrons. The Morgan fingerprint density at radius 1 is 0.667 bits per heavy atom. The van der Waals surface area contributed by atoms with Gasteiger partial charge in [-0.2, -0.15) is 0 Å². The summed E-state index contributed by atoms with van der Waals surface area (Å²) >= 11 is 0. The second-order valence-electron chi connectivity index (χ2n) is 8.36. The number of allylic oxidation sites excluding steroid dienone is 1. The van der Waals surface area contributed by atoms with Crippen LogP contribution in [0.15, 0.2) is 83.9 Å². The van der Waals surface area contributed by atoms with E-state index in [0.29, 0.717) is 0 Å². The van der Waals surface area contributed by atoms with Crippen molar-refractivity contribution in [3.05, 3.63) is 117 Å². The van der Waals surface area contributed by atoms with Gasteiger partial charge in [0.25, 0.3) is 0 Å². The lowest BCUT2D eigenvalue weighted by atomic mass is 9.45. The molecule has 4 aliphatic carbocycles. The van der Waals surface area contributed by atoms with E-state index in [2.05, 4.69) is 79.7 Å². The van der Waals surface area contributed by atoms with E-state index in [0.717, 1.165) is 12.8 Å². The van der Waals surface area contributed by atoms with Crippen LogP contribution in [0.2, 0.25) is 0 Å². The molecule has 0 spiro atoms. The molecule has 0 amide bonds. The molecule has 27 heavy (non-hydrogen) atoms. The molecule has 0 aromatic heterocycles. The number of aliphatic hydroxyl groups excluding tert-OH is 1. The van der Waals surface area contributed by atoms with Crippen molar-refractivity contribution in [1.29, 1.82) is 0 Å². The van der Waals surface area contributed by atoms with Gasteiger partial charge in [-0.05, 0) is 58.7 Å². The van der Waals surface area contributed by atoms with Crippen molar-refractivity contribution >= 4 is 0 Å². The van der Waals surface area contributed by atoms with Gasteiger partial charge >= 0.3 is 0 Å². The lowest BCUT2D eigenvalue weighted by Gasteiger charge is -2.57. The first-order valence-corrected chi connectivity index (χ1v) is 9.82. The van der Waals surface area contributed by atoms with Crippen molar-refractivity contribution in [2.45, 2.75) is 30.6 Å². The maximum atomic E-state index is 10.9. The van der Waals surface area contributed by atoms with Crippen molar-refractivity contribution in [2.24, 2.45) is 0 Å². The molecular weight excluding hydrogens is 328 g/mol. The predicted molar refractivity (Wildman–Crippen MR) is 108 cm³/mol. The third-order valence-electron chi connectivity index (χ3n) is 7.42. The highest BCUT2D eigenvalue weighted by Crippen LogP contribution is 2.63. The summed E-state index contributed by atoms with van der Waals surface area (Å²) < 4.78 is 0. The lowest BCUT2D eigenvalue weighted by Crippen LogP contribution is -2.53. The van der Waals surface area contributed by atoms with Crippen LogP contribution in [0, 0.1) is 0 Å². The van der Waals surface area contributed by atoms with Gasteiger partial charge in [0, 0.05) is 5.41 Å². The van der Waals surface area contributed by atoms with E-state index in [-0.39, 0.29) is 12.0 Å². The molecule has 4 aliphatic rings. The van der Waals surface area contributed by atoms with E-state index < -0.39 is 5.41 Å². The van der Waals surface area contributed by atoms with Gasteiger partial charge in [0.05, 0.1) is 12.0 Å². The Bertz CT molecular complexity index is 1090. The highest BCUT2D eigenvalue weighted by molar-refractivity contribution is 5.74. The summed E-state index contributed by atoms with van der Waals surface area (Å²) in [5.74, 6) is 0. The van der Waals surface area contributed by atoms with Crippen LogP contribution in [0.5, 0.6) is 0 Å². The summed E-state index contributed by atoms with van der Waals surface area (Å²) in [6, 6.07) is 26.4. The Balaban J connectivity index is 1.76. The van der Waals surface area contributed by atoms with E-state index >= 15 is 0 Å². The average molecular weight is 350 g/mol. The summed E-state index contributed by atoms with van der Waals surface area (Å²) in [7, 11) is 0. The first-order valence-electron chi connectivity index (χ1n) is 9.82. The maximum Gasteiger partial charge on any atom is 0.0654 e. The molecule has 1 nitrogen and oxygen atoms in total. The number of rotatable bonds is 1. The molecule has 0 aliphatic heterocycles. The van der Waals surface area contributed by atoms with E-state index in [9.17, 15) is 5.11 Å². The van der Waals surface area contributed by atoms with Crippen LogP contribution in [0.25, 0.3) is 0 Å². The SMILES string of the molecule is CC12C3=C(Cc4ccccc4C3)C(CO)(c3ccccc31)c1ccccc12. The van der Waals surface area contributed by atoms with E-state index in [4.69, 9.17) is 0 Å². The normalized spacial score (nSPS) is 26.9. The summed E-state index contributed by atoms with van der Waals surface area (Å²) in [5, 5.41) is 10.9. The molecule has 0 heterocycles. The summed E-state index contributed by atoms with van der Waals surface area (Å²) in [6.45, 7) is 2.52. The Morgan fingerprint density at radius 2 is 1.11 bits per heavy atom. The van der Waals surface area contributed by atoms with Gasteiger partial charge in [0.2, 0.25) is 0 Å². The topological polar surface area (TPSA) is 20.2 Å². The Kier molecular flexibility index (Phi) is 2.85. The van der Waals surface area contributed by atoms with Crippen molar-refractivity contribution in [2.75, 3.05) is 6.61 Å². The minimum absolute atomic E-state index is 0.118. The van der Waals surface area contributed by atoms with Gasteiger partial charge in [-0.1, -0.05) is 78.4 Å². The van der Waals surface area contributed by atoms with E-state index in [1.807, 2.05) is 0 Å². The van der Waals surface area contributed by atoms with Crippen LogP contribution in [0.3, 0.4) is 0 Å². The van der Waals surface area contributed by atoms with Gasteiger partial charge in [-0.25, -0.2) is 0 Å². The quantitative estimate of drug-likeness (QED) is 0.631. The minimum Gasteiger partial charge on any atom is -0.395 e. The monoisotopic (exact) mass is 350 g/mol. The molecule has 0 radical (unpaired) electrons. The Morgan fingerprint density at radius 3 is 1.63 bits per heavy atom. The smallest absolute Gasteiger partial charge is 0.0654 e. The van der Waals surface area contributed by atoms with Gasteiger partial charge in [0.1, 0.15) is 0 Å². The largest absolute Gasteiger partial charge is 0.395 e. The molecule has 0 fully saturated rings. The first-order chi connectivity index (χ1) is 13.2. The molecule has 2 bridgehead atoms. The summed E-state index contributed by atoms with van der Waals surface area (Å²) in [4.78, 5) is 0. The number of benzene rings is 3. The van der Waals surface area contributed by atoms with Crippen LogP contribution >= 0.6 is 0 Å². The zero-order valence-corrected chi connectivity index (χ0v) is 15.5. The fourth-order valence-corrected chi connectivity index (χ4v) is 6.17. The van der Waals surface area contributed by atoms with Crippen LogP contribution in [0.1, 0.15) is 40.3 Å². The zero-order chi connectivity index (χ0) is 18.2. The van der Waals surface area contributed by atoms with Gasteiger partial charge in [0.15, 0.2) is 0 Å². The summed E-state index contributed by atoms with van der Waals surface area (Å²) in [6.07, 6.45) is 1.91. The fourth-order valence-electron chi connectivity index (χ4n) is 6.17. The van der Waals surface area contributed by atoms with Gasteiger partial charge in [-0.15, -0.1) is 0 Å².